The van der Waals surface area contributed by atoms with Crippen LogP contribution < -0.4 is 0 Å². The summed E-state index contributed by atoms with van der Waals surface area (Å²) in [6, 6.07) is 1.93. The highest BCUT2D eigenvalue weighted by Crippen LogP contribution is 2.63. The molecule has 0 amide bonds. The van der Waals surface area contributed by atoms with Crippen LogP contribution in [-0.2, 0) is 35.0 Å². The van der Waals surface area contributed by atoms with Crippen molar-refractivity contribution < 1.29 is 33.0 Å². The molecule has 3 rings (SSSR count). The van der Waals surface area contributed by atoms with Crippen LogP contribution in [0.3, 0.4) is 0 Å². The second-order valence-corrected chi connectivity index (χ2v) is 9.84. The molecule has 1 saturated carbocycles. The Bertz CT molecular complexity index is 902. The summed E-state index contributed by atoms with van der Waals surface area (Å²) in [5.41, 5.74) is 1.08. The van der Waals surface area contributed by atoms with E-state index < -0.39 is 35.0 Å². The average Bonchev–Trinajstić information content (AvgIpc) is 3.25. The number of hydrogen-bond acceptors (Lipinski definition) is 7. The van der Waals surface area contributed by atoms with Crippen molar-refractivity contribution >= 4 is 17.9 Å². The molecule has 6 unspecified atom stereocenters. The Morgan fingerprint density at radius 2 is 1.82 bits per heavy atom. The lowest BCUT2D eigenvalue weighted by molar-refractivity contribution is -0.233. The van der Waals surface area contributed by atoms with Gasteiger partial charge in [-0.2, -0.15) is 0 Å². The van der Waals surface area contributed by atoms with Gasteiger partial charge in [-0.3, -0.25) is 14.4 Å². The fourth-order valence-electron chi connectivity index (χ4n) is 6.29. The van der Waals surface area contributed by atoms with Crippen molar-refractivity contribution in [2.24, 2.45) is 22.7 Å². The van der Waals surface area contributed by atoms with Crippen LogP contribution in [0.2, 0.25) is 0 Å². The van der Waals surface area contributed by atoms with Gasteiger partial charge in [-0.15, -0.1) is 0 Å². The SMILES string of the molecule is CC(=O)OCC1(CCc2ccoc2)C(C)C(OC(C)=O)C(OC(C)=O)C2(C)C(C)=CCCC12. The van der Waals surface area contributed by atoms with Crippen LogP contribution >= 0.6 is 0 Å². The minimum atomic E-state index is -0.672. The summed E-state index contributed by atoms with van der Waals surface area (Å²) < 4.78 is 22.7. The summed E-state index contributed by atoms with van der Waals surface area (Å²) in [7, 11) is 0. The lowest BCUT2D eigenvalue weighted by Crippen LogP contribution is -2.66. The van der Waals surface area contributed by atoms with Gasteiger partial charge in [-0.1, -0.05) is 25.5 Å². The third-order valence-corrected chi connectivity index (χ3v) is 8.06. The average molecular weight is 461 g/mol. The van der Waals surface area contributed by atoms with E-state index in [9.17, 15) is 14.4 Å². The molecule has 7 heteroatoms. The molecule has 2 aliphatic rings. The Kier molecular flexibility index (Phi) is 7.39. The Morgan fingerprint density at radius 1 is 1.12 bits per heavy atom. The summed E-state index contributed by atoms with van der Waals surface area (Å²) >= 11 is 0. The number of fused-ring (bicyclic) bond motifs is 1. The maximum Gasteiger partial charge on any atom is 0.303 e. The van der Waals surface area contributed by atoms with Crippen molar-refractivity contribution in [3.05, 3.63) is 35.8 Å². The summed E-state index contributed by atoms with van der Waals surface area (Å²) in [6.07, 6.45) is 7.43. The van der Waals surface area contributed by atoms with Gasteiger partial charge in [0.1, 0.15) is 12.2 Å². The fraction of sp³-hybridized carbons (Fsp3) is 0.654. The molecule has 1 aromatic heterocycles. The number of carbonyl (C=O) groups excluding carboxylic acids is 3. The normalized spacial score (nSPS) is 33.5. The van der Waals surface area contributed by atoms with Crippen molar-refractivity contribution in [1.29, 1.82) is 0 Å². The maximum absolute atomic E-state index is 12.2. The topological polar surface area (TPSA) is 92.0 Å². The number of rotatable bonds is 7. The third-order valence-electron chi connectivity index (χ3n) is 8.06. The van der Waals surface area contributed by atoms with Gasteiger partial charge in [0.05, 0.1) is 19.1 Å². The van der Waals surface area contributed by atoms with Gasteiger partial charge in [-0.05, 0) is 50.2 Å². The molecule has 1 fully saturated rings. The molecule has 0 bridgehead atoms. The van der Waals surface area contributed by atoms with Crippen molar-refractivity contribution in [3.8, 4) is 0 Å². The standard InChI is InChI=1S/C26H36O7/c1-16-8-7-9-22-25(16,6)24(33-20(5)29)23(32-19(4)28)17(2)26(22,15-31-18(3)27)12-10-21-11-13-30-14-21/h8,11,13-14,17,22-24H,7,9-10,12,15H2,1-6H3. The van der Waals surface area contributed by atoms with E-state index in [0.29, 0.717) is 6.42 Å². The molecule has 7 nitrogen and oxygen atoms in total. The molecule has 0 saturated heterocycles. The van der Waals surface area contributed by atoms with Crippen molar-refractivity contribution in [3.63, 3.8) is 0 Å². The van der Waals surface area contributed by atoms with Gasteiger partial charge in [0.15, 0.2) is 0 Å². The van der Waals surface area contributed by atoms with Crippen LogP contribution in [0, 0.1) is 22.7 Å². The van der Waals surface area contributed by atoms with Gasteiger partial charge >= 0.3 is 17.9 Å². The summed E-state index contributed by atoms with van der Waals surface area (Å²) in [5.74, 6) is -1.36. The zero-order valence-corrected chi connectivity index (χ0v) is 20.5. The van der Waals surface area contributed by atoms with Gasteiger partial charge in [0, 0.05) is 37.5 Å². The monoisotopic (exact) mass is 460 g/mol. The van der Waals surface area contributed by atoms with E-state index >= 15 is 0 Å². The number of hydrogen-bond donors (Lipinski definition) is 0. The largest absolute Gasteiger partial charge is 0.472 e. The van der Waals surface area contributed by atoms with E-state index in [1.165, 1.54) is 20.8 Å². The van der Waals surface area contributed by atoms with E-state index in [-0.39, 0.29) is 24.4 Å². The highest BCUT2D eigenvalue weighted by atomic mass is 16.6. The van der Waals surface area contributed by atoms with Crippen molar-refractivity contribution in [1.82, 2.24) is 0 Å². The molecule has 33 heavy (non-hydrogen) atoms. The van der Waals surface area contributed by atoms with E-state index in [0.717, 1.165) is 30.4 Å². The highest BCUT2D eigenvalue weighted by molar-refractivity contribution is 5.68. The van der Waals surface area contributed by atoms with Crippen LogP contribution in [0.25, 0.3) is 0 Å². The first kappa shape index (κ1) is 25.1. The smallest absolute Gasteiger partial charge is 0.303 e. The molecule has 0 aliphatic heterocycles. The molecular formula is C26H36O7. The zero-order valence-electron chi connectivity index (χ0n) is 20.5. The molecule has 0 radical (unpaired) electrons. The Hall–Kier alpha value is -2.57. The van der Waals surface area contributed by atoms with Crippen LogP contribution in [0.5, 0.6) is 0 Å². The first-order chi connectivity index (χ1) is 15.5. The lowest BCUT2D eigenvalue weighted by atomic mass is 9.44. The molecular weight excluding hydrogens is 424 g/mol. The second kappa shape index (κ2) is 9.74. The number of aryl methyl sites for hydroxylation is 1. The lowest BCUT2D eigenvalue weighted by Gasteiger charge is -2.63. The predicted octanol–water partition coefficient (Wildman–Crippen LogP) is 4.64. The molecule has 0 N–H and O–H groups in total. The Balaban J connectivity index is 2.16. The summed E-state index contributed by atoms with van der Waals surface area (Å²) in [4.78, 5) is 36.3. The van der Waals surface area contributed by atoms with Crippen LogP contribution in [-0.4, -0.2) is 36.7 Å². The molecule has 2 aliphatic carbocycles. The van der Waals surface area contributed by atoms with Crippen LogP contribution in [0.1, 0.15) is 66.4 Å². The van der Waals surface area contributed by atoms with Gasteiger partial charge in [0.25, 0.3) is 0 Å². The number of ether oxygens (including phenoxy) is 3. The van der Waals surface area contributed by atoms with E-state index in [2.05, 4.69) is 19.9 Å². The third kappa shape index (κ3) is 4.73. The van der Waals surface area contributed by atoms with Gasteiger partial charge < -0.3 is 18.6 Å². The first-order valence-corrected chi connectivity index (χ1v) is 11.7. The van der Waals surface area contributed by atoms with Crippen LogP contribution in [0.15, 0.2) is 34.7 Å². The quantitative estimate of drug-likeness (QED) is 0.333. The molecule has 1 heterocycles. The van der Waals surface area contributed by atoms with Crippen LogP contribution in [0.4, 0.5) is 0 Å². The van der Waals surface area contributed by atoms with E-state index in [4.69, 9.17) is 18.6 Å². The number of furan rings is 1. The zero-order chi connectivity index (χ0) is 24.4. The van der Waals surface area contributed by atoms with Crippen molar-refractivity contribution in [2.75, 3.05) is 6.61 Å². The first-order valence-electron chi connectivity index (χ1n) is 11.7. The highest BCUT2D eigenvalue weighted by Gasteiger charge is 2.65. The molecule has 0 spiro atoms. The molecule has 182 valence electrons. The minimum Gasteiger partial charge on any atom is -0.472 e. The van der Waals surface area contributed by atoms with E-state index in [1.807, 2.05) is 13.0 Å². The van der Waals surface area contributed by atoms with Gasteiger partial charge in [-0.25, -0.2) is 0 Å². The maximum atomic E-state index is 12.2. The number of carbonyl (C=O) groups is 3. The minimum absolute atomic E-state index is 0.0485. The molecule has 0 aromatic carbocycles. The molecule has 6 atom stereocenters. The molecule has 1 aromatic rings. The number of allylic oxidation sites excluding steroid dienone is 1. The fourth-order valence-corrected chi connectivity index (χ4v) is 6.29. The van der Waals surface area contributed by atoms with Gasteiger partial charge in [0.2, 0.25) is 0 Å². The second-order valence-electron chi connectivity index (χ2n) is 9.84. The Morgan fingerprint density at radius 3 is 2.39 bits per heavy atom. The Labute approximate surface area is 195 Å². The number of esters is 3. The van der Waals surface area contributed by atoms with E-state index in [1.54, 1.807) is 12.5 Å². The van der Waals surface area contributed by atoms with Crippen molar-refractivity contribution in [2.45, 2.75) is 79.4 Å². The summed E-state index contributed by atoms with van der Waals surface area (Å²) in [5, 5.41) is 0. The summed E-state index contributed by atoms with van der Waals surface area (Å²) in [6.45, 7) is 10.5. The predicted molar refractivity (Wildman–Crippen MR) is 121 cm³/mol.